The molecule has 9 nitrogen and oxygen atoms in total. The van der Waals surface area contributed by atoms with E-state index in [1.807, 2.05) is 0 Å². The molecule has 1 aromatic rings. The van der Waals surface area contributed by atoms with Gasteiger partial charge in [0.15, 0.2) is 0 Å². The average molecular weight is 475 g/mol. The predicted octanol–water partition coefficient (Wildman–Crippen LogP) is 1.72. The zero-order chi connectivity index (χ0) is 24.0. The normalized spacial score (nSPS) is 22.2. The molecule has 3 rings (SSSR count). The second-order valence-electron chi connectivity index (χ2n) is 8.59. The van der Waals surface area contributed by atoms with Crippen molar-refractivity contribution in [2.45, 2.75) is 63.4 Å². The molecule has 2 aliphatic rings. The number of nitrogens with zero attached hydrogens (tertiary/aromatic N) is 2. The first-order valence-electron chi connectivity index (χ1n) is 9.74. The lowest BCUT2D eigenvalue weighted by atomic mass is 10.0. The number of fused-ring (bicyclic) bond motifs is 1. The molecule has 3 atom stereocenters. The number of ketones is 1. The van der Waals surface area contributed by atoms with Crippen molar-refractivity contribution < 1.29 is 32.3 Å². The number of β-lactam (4-membered cyclic amide) rings is 1. The first kappa shape index (κ1) is 24.1. The summed E-state index contributed by atoms with van der Waals surface area (Å²) in [7, 11) is 0. The highest BCUT2D eigenvalue weighted by molar-refractivity contribution is 8.00. The van der Waals surface area contributed by atoms with Gasteiger partial charge in [0.25, 0.3) is 11.7 Å². The van der Waals surface area contributed by atoms with Crippen LogP contribution in [0, 0.1) is 0 Å². The predicted molar refractivity (Wildman–Crippen MR) is 110 cm³/mol. The maximum Gasteiger partial charge on any atom is 0.451 e. The lowest BCUT2D eigenvalue weighted by molar-refractivity contribution is -0.172. The van der Waals surface area contributed by atoms with Gasteiger partial charge in [-0.1, -0.05) is 0 Å². The van der Waals surface area contributed by atoms with Gasteiger partial charge in [-0.05, 0) is 33.3 Å². The summed E-state index contributed by atoms with van der Waals surface area (Å²) >= 11 is 1.46. The van der Waals surface area contributed by atoms with Gasteiger partial charge in [0.05, 0.1) is 12.2 Å². The van der Waals surface area contributed by atoms with E-state index in [4.69, 9.17) is 10.5 Å². The minimum absolute atomic E-state index is 0.148. The number of alkyl halides is 3. The topological polar surface area (TPSA) is 130 Å². The Bertz CT molecular complexity index is 969. The van der Waals surface area contributed by atoms with Gasteiger partial charge < -0.3 is 20.8 Å². The third-order valence-electron chi connectivity index (χ3n) is 4.73. The molecule has 1 fully saturated rings. The summed E-state index contributed by atoms with van der Waals surface area (Å²) in [6.45, 7) is 6.98. The monoisotopic (exact) mass is 475 g/mol. The van der Waals surface area contributed by atoms with E-state index >= 15 is 0 Å². The van der Waals surface area contributed by atoms with Gasteiger partial charge in [-0.25, -0.2) is 9.78 Å². The number of ether oxygens (including phenoxy) is 1. The van der Waals surface area contributed by atoms with Crippen LogP contribution in [0.3, 0.4) is 0 Å². The van der Waals surface area contributed by atoms with E-state index in [2.05, 4.69) is 15.3 Å². The Morgan fingerprint density at radius 1 is 1.41 bits per heavy atom. The second-order valence-corrected chi connectivity index (χ2v) is 9.70. The molecular weight excluding hydrogens is 451 g/mol. The lowest BCUT2D eigenvalue weighted by Gasteiger charge is -2.49. The highest BCUT2D eigenvalue weighted by Gasteiger charge is 2.54. The number of anilines is 1. The van der Waals surface area contributed by atoms with Crippen LogP contribution < -0.4 is 11.1 Å². The summed E-state index contributed by atoms with van der Waals surface area (Å²) in [5.41, 5.74) is 5.80. The van der Waals surface area contributed by atoms with E-state index < -0.39 is 35.6 Å². The number of hydrogen-bond acceptors (Lipinski definition) is 8. The van der Waals surface area contributed by atoms with Crippen LogP contribution in [0.15, 0.2) is 17.5 Å². The summed E-state index contributed by atoms with van der Waals surface area (Å²) in [6.07, 6.45) is -4.16. The highest BCUT2D eigenvalue weighted by Crippen LogP contribution is 2.41. The van der Waals surface area contributed by atoms with Crippen LogP contribution in [0.25, 0.3) is 0 Å². The summed E-state index contributed by atoms with van der Waals surface area (Å²) in [4.78, 5) is 44.7. The fourth-order valence-corrected chi connectivity index (χ4v) is 4.60. The first-order valence-corrected chi connectivity index (χ1v) is 10.8. The number of nitrogens with two attached hydrogens (primary N) is 1. The smallest absolute Gasteiger partial charge is 0.451 e. The Hall–Kier alpha value is -2.54. The summed E-state index contributed by atoms with van der Waals surface area (Å²) in [6, 6.07) is -2.46. The third kappa shape index (κ3) is 4.93. The average Bonchev–Trinajstić information content (AvgIpc) is 3.10. The number of Topliss-reactive ketones (excluding diaryl/α,β-unsaturated/α-hetero) is 1. The number of aromatic nitrogens is 2. The quantitative estimate of drug-likeness (QED) is 0.419. The number of thioether (sulfide) groups is 1. The minimum atomic E-state index is -5.02. The van der Waals surface area contributed by atoms with Gasteiger partial charge in [0.1, 0.15) is 22.7 Å². The molecule has 2 unspecified atom stereocenters. The number of rotatable bonds is 6. The minimum Gasteiger partial charge on any atom is -0.455 e. The van der Waals surface area contributed by atoms with Gasteiger partial charge in [0.2, 0.25) is 5.95 Å². The molecule has 13 heteroatoms. The summed E-state index contributed by atoms with van der Waals surface area (Å²) in [5, 5.41) is 2.52. The van der Waals surface area contributed by atoms with E-state index in [1.54, 1.807) is 27.7 Å². The number of imidazole rings is 1. The van der Waals surface area contributed by atoms with Crippen LogP contribution in [0.1, 0.15) is 33.4 Å². The Morgan fingerprint density at radius 3 is 2.66 bits per heavy atom. The summed E-state index contributed by atoms with van der Waals surface area (Å²) in [5.74, 6) is -2.28. The van der Waals surface area contributed by atoms with Crippen molar-refractivity contribution in [2.75, 3.05) is 11.1 Å². The van der Waals surface area contributed by atoms with E-state index in [-0.39, 0.29) is 35.0 Å². The molecule has 1 amide bonds. The third-order valence-corrected chi connectivity index (χ3v) is 6.15. The Balaban J connectivity index is 1.66. The van der Waals surface area contributed by atoms with Gasteiger partial charge >= 0.3 is 12.1 Å². The van der Waals surface area contributed by atoms with Gasteiger partial charge in [-0.3, -0.25) is 14.5 Å². The SMILES string of the molecule is CC1=C(C(=O)OC(C)(C)C)N2C(=O)C(Nc3ncc(CC(N)C(=O)C(F)(F)F)[nH]3)[C@H]2SC1. The maximum absolute atomic E-state index is 12.8. The second kappa shape index (κ2) is 8.43. The van der Waals surface area contributed by atoms with Crippen LogP contribution in [0.5, 0.6) is 0 Å². The van der Waals surface area contributed by atoms with E-state index in [1.165, 1.54) is 22.9 Å². The number of carbonyl (C=O) groups excluding carboxylic acids is 3. The van der Waals surface area contributed by atoms with Crippen molar-refractivity contribution in [3.8, 4) is 0 Å². The van der Waals surface area contributed by atoms with Crippen molar-refractivity contribution >= 4 is 35.4 Å². The summed E-state index contributed by atoms with van der Waals surface area (Å²) < 4.78 is 42.9. The number of aromatic amines is 1. The zero-order valence-electron chi connectivity index (χ0n) is 17.9. The van der Waals surface area contributed by atoms with Gasteiger partial charge in [-0.15, -0.1) is 11.8 Å². The number of esters is 1. The maximum atomic E-state index is 12.8. The molecule has 0 saturated carbocycles. The number of H-pyrrole nitrogens is 1. The van der Waals surface area contributed by atoms with Gasteiger partial charge in [-0.2, -0.15) is 13.2 Å². The van der Waals surface area contributed by atoms with Crippen molar-refractivity contribution in [1.29, 1.82) is 0 Å². The fraction of sp³-hybridized carbons (Fsp3) is 0.579. The molecule has 3 heterocycles. The molecule has 2 aliphatic heterocycles. The zero-order valence-corrected chi connectivity index (χ0v) is 18.7. The van der Waals surface area contributed by atoms with Crippen LogP contribution in [-0.2, 0) is 25.5 Å². The number of hydrogen-bond donors (Lipinski definition) is 3. The lowest BCUT2D eigenvalue weighted by Crippen LogP contribution is -2.67. The van der Waals surface area contributed by atoms with Crippen molar-refractivity contribution in [3.05, 3.63) is 23.2 Å². The Morgan fingerprint density at radius 2 is 2.06 bits per heavy atom. The molecule has 0 spiro atoms. The van der Waals surface area contributed by atoms with E-state index in [0.717, 1.165) is 5.57 Å². The molecule has 0 bridgehead atoms. The van der Waals surface area contributed by atoms with Crippen molar-refractivity contribution in [2.24, 2.45) is 5.73 Å². The van der Waals surface area contributed by atoms with E-state index in [9.17, 15) is 27.6 Å². The van der Waals surface area contributed by atoms with Crippen LogP contribution in [0.4, 0.5) is 19.1 Å². The molecule has 176 valence electrons. The van der Waals surface area contributed by atoms with E-state index in [0.29, 0.717) is 5.75 Å². The van der Waals surface area contributed by atoms with Gasteiger partial charge in [0, 0.05) is 17.9 Å². The van der Waals surface area contributed by atoms with Crippen LogP contribution in [-0.4, -0.2) is 67.5 Å². The number of nitrogens with one attached hydrogen (secondary N) is 2. The number of amides is 1. The Labute approximate surface area is 186 Å². The molecule has 1 aromatic heterocycles. The Kier molecular flexibility index (Phi) is 6.35. The van der Waals surface area contributed by atoms with Crippen LogP contribution >= 0.6 is 11.8 Å². The number of carbonyl (C=O) groups is 3. The first-order chi connectivity index (χ1) is 14.7. The molecular formula is C19H24F3N5O4S. The number of halogens is 3. The molecule has 32 heavy (non-hydrogen) atoms. The molecule has 0 aliphatic carbocycles. The van der Waals surface area contributed by atoms with Crippen LogP contribution in [0.2, 0.25) is 0 Å². The molecule has 0 aromatic carbocycles. The molecule has 0 radical (unpaired) electrons. The molecule has 1 saturated heterocycles. The fourth-order valence-electron chi connectivity index (χ4n) is 3.31. The standard InChI is InChI=1S/C19H24F3N5O4S/c1-8-7-32-15-11(14(29)27(15)12(8)16(30)31-18(2,3)4)26-17-24-6-9(25-17)5-10(23)13(28)19(20,21)22/h6,10-11,15H,5,7,23H2,1-4H3,(H2,24,25,26)/t10?,11?,15-/m1/s1. The highest BCUT2D eigenvalue weighted by atomic mass is 32.2. The van der Waals surface area contributed by atoms with Crippen molar-refractivity contribution in [1.82, 2.24) is 14.9 Å². The largest absolute Gasteiger partial charge is 0.455 e. The van der Waals surface area contributed by atoms with Crippen molar-refractivity contribution in [3.63, 3.8) is 0 Å². The molecule has 4 N–H and O–H groups in total.